The maximum Gasteiger partial charge on any atom is 0.133 e. The molecule has 0 radical (unpaired) electrons. The van der Waals surface area contributed by atoms with Gasteiger partial charge in [0.25, 0.3) is 0 Å². The summed E-state index contributed by atoms with van der Waals surface area (Å²) in [5, 5.41) is 0. The van der Waals surface area contributed by atoms with Gasteiger partial charge in [-0.1, -0.05) is 0 Å². The third-order valence-electron chi connectivity index (χ3n) is 3.77. The van der Waals surface area contributed by atoms with Crippen molar-refractivity contribution in [2.45, 2.75) is 26.2 Å². The Balaban J connectivity index is 2.22. The SMILES string of the molecule is CC(=O)C1CCC2=C(C1)N(C)CCN2C. The fraction of sp³-hybridized carbons (Fsp3) is 0.750. The number of nitrogens with zero attached hydrogens (tertiary/aromatic N) is 2. The van der Waals surface area contributed by atoms with Gasteiger partial charge in [-0.2, -0.15) is 0 Å². The fourth-order valence-electron chi connectivity index (χ4n) is 2.61. The zero-order valence-electron chi connectivity index (χ0n) is 9.92. The summed E-state index contributed by atoms with van der Waals surface area (Å²) in [4.78, 5) is 16.1. The lowest BCUT2D eigenvalue weighted by molar-refractivity contribution is -0.121. The minimum atomic E-state index is 0.262. The maximum atomic E-state index is 11.4. The third kappa shape index (κ3) is 1.87. The Hall–Kier alpha value is -0.990. The number of likely N-dealkylation sites (N-methyl/N-ethyl adjacent to an activating group) is 2. The van der Waals surface area contributed by atoms with Gasteiger partial charge in [0.1, 0.15) is 5.78 Å². The number of rotatable bonds is 1. The van der Waals surface area contributed by atoms with Crippen LogP contribution in [0.25, 0.3) is 0 Å². The van der Waals surface area contributed by atoms with Crippen LogP contribution in [0.2, 0.25) is 0 Å². The van der Waals surface area contributed by atoms with Crippen molar-refractivity contribution < 1.29 is 4.79 Å². The van der Waals surface area contributed by atoms with Crippen molar-refractivity contribution in [1.82, 2.24) is 9.80 Å². The van der Waals surface area contributed by atoms with Crippen LogP contribution >= 0.6 is 0 Å². The molecule has 2 rings (SSSR count). The van der Waals surface area contributed by atoms with Gasteiger partial charge in [-0.25, -0.2) is 0 Å². The average molecular weight is 208 g/mol. The molecule has 0 aromatic carbocycles. The number of carbonyl (C=O) groups is 1. The summed E-state index contributed by atoms with van der Waals surface area (Å²) in [5.41, 5.74) is 2.86. The van der Waals surface area contributed by atoms with Crippen LogP contribution in [-0.4, -0.2) is 42.8 Å². The highest BCUT2D eigenvalue weighted by Crippen LogP contribution is 2.34. The van der Waals surface area contributed by atoms with Crippen LogP contribution in [0.15, 0.2) is 11.4 Å². The molecule has 1 atom stereocenters. The van der Waals surface area contributed by atoms with Gasteiger partial charge in [0, 0.05) is 44.5 Å². The van der Waals surface area contributed by atoms with Crippen LogP contribution < -0.4 is 0 Å². The predicted molar refractivity (Wildman–Crippen MR) is 60.3 cm³/mol. The molecule has 1 aliphatic carbocycles. The smallest absolute Gasteiger partial charge is 0.133 e. The normalized spacial score (nSPS) is 26.7. The van der Waals surface area contributed by atoms with Crippen molar-refractivity contribution in [3.8, 4) is 0 Å². The Labute approximate surface area is 91.7 Å². The summed E-state index contributed by atoms with van der Waals surface area (Å²) < 4.78 is 0. The molecule has 0 spiro atoms. The molecule has 1 aliphatic heterocycles. The summed E-state index contributed by atoms with van der Waals surface area (Å²) in [7, 11) is 4.31. The van der Waals surface area contributed by atoms with Gasteiger partial charge in [0.15, 0.2) is 0 Å². The molecule has 15 heavy (non-hydrogen) atoms. The first-order valence-electron chi connectivity index (χ1n) is 5.74. The molecule has 0 amide bonds. The van der Waals surface area contributed by atoms with Crippen LogP contribution in [0.1, 0.15) is 26.2 Å². The van der Waals surface area contributed by atoms with Crippen LogP contribution in [-0.2, 0) is 4.79 Å². The molecule has 2 aliphatic rings. The molecule has 0 saturated carbocycles. The maximum absolute atomic E-state index is 11.4. The van der Waals surface area contributed by atoms with Crippen LogP contribution in [0, 0.1) is 5.92 Å². The highest BCUT2D eigenvalue weighted by molar-refractivity contribution is 5.78. The molecule has 0 aromatic heterocycles. The number of hydrogen-bond acceptors (Lipinski definition) is 3. The van der Waals surface area contributed by atoms with Crippen LogP contribution in [0.4, 0.5) is 0 Å². The molecule has 0 N–H and O–H groups in total. The van der Waals surface area contributed by atoms with Gasteiger partial charge in [-0.3, -0.25) is 4.79 Å². The van der Waals surface area contributed by atoms with Gasteiger partial charge in [-0.05, 0) is 26.2 Å². The number of Topliss-reactive ketones (excluding diaryl/α,β-unsaturated/α-hetero) is 1. The Morgan fingerprint density at radius 1 is 1.20 bits per heavy atom. The number of carbonyl (C=O) groups excluding carboxylic acids is 1. The van der Waals surface area contributed by atoms with E-state index in [1.54, 1.807) is 6.92 Å². The van der Waals surface area contributed by atoms with E-state index < -0.39 is 0 Å². The first-order chi connectivity index (χ1) is 7.09. The number of allylic oxidation sites excluding steroid dienone is 2. The molecule has 1 heterocycles. The Bertz CT molecular complexity index is 309. The Morgan fingerprint density at radius 2 is 1.80 bits per heavy atom. The molecule has 0 saturated heterocycles. The topological polar surface area (TPSA) is 23.6 Å². The standard InChI is InChI=1S/C12H20N2O/c1-9(15)10-4-5-11-12(8-10)14(3)7-6-13(11)2/h10H,4-8H2,1-3H3. The molecule has 0 fully saturated rings. The minimum Gasteiger partial charge on any atom is -0.375 e. The summed E-state index contributed by atoms with van der Waals surface area (Å²) in [6.07, 6.45) is 3.05. The van der Waals surface area contributed by atoms with Crippen molar-refractivity contribution >= 4 is 5.78 Å². The largest absolute Gasteiger partial charge is 0.375 e. The summed E-state index contributed by atoms with van der Waals surface area (Å²) >= 11 is 0. The van der Waals surface area contributed by atoms with Gasteiger partial charge >= 0.3 is 0 Å². The lowest BCUT2D eigenvalue weighted by atomic mass is 9.86. The predicted octanol–water partition coefficient (Wildman–Crippen LogP) is 1.46. The van der Waals surface area contributed by atoms with Crippen LogP contribution in [0.5, 0.6) is 0 Å². The molecular weight excluding hydrogens is 188 g/mol. The van der Waals surface area contributed by atoms with E-state index >= 15 is 0 Å². The second kappa shape index (κ2) is 3.87. The van der Waals surface area contributed by atoms with Crippen molar-refractivity contribution in [3.63, 3.8) is 0 Å². The number of hydrogen-bond donors (Lipinski definition) is 0. The van der Waals surface area contributed by atoms with E-state index in [1.165, 1.54) is 11.4 Å². The Morgan fingerprint density at radius 3 is 2.40 bits per heavy atom. The third-order valence-corrected chi connectivity index (χ3v) is 3.77. The first kappa shape index (κ1) is 10.5. The lowest BCUT2D eigenvalue weighted by Crippen LogP contribution is -2.41. The molecule has 0 aromatic rings. The zero-order chi connectivity index (χ0) is 11.0. The van der Waals surface area contributed by atoms with Crippen LogP contribution in [0.3, 0.4) is 0 Å². The zero-order valence-corrected chi connectivity index (χ0v) is 9.92. The van der Waals surface area contributed by atoms with E-state index in [2.05, 4.69) is 23.9 Å². The number of ketones is 1. The quantitative estimate of drug-likeness (QED) is 0.652. The highest BCUT2D eigenvalue weighted by Gasteiger charge is 2.29. The molecular formula is C12H20N2O. The van der Waals surface area contributed by atoms with Crippen molar-refractivity contribution in [2.75, 3.05) is 27.2 Å². The van der Waals surface area contributed by atoms with E-state index in [0.29, 0.717) is 5.78 Å². The van der Waals surface area contributed by atoms with Crippen molar-refractivity contribution in [1.29, 1.82) is 0 Å². The molecule has 1 unspecified atom stereocenters. The van der Waals surface area contributed by atoms with Gasteiger partial charge in [0.05, 0.1) is 0 Å². The van der Waals surface area contributed by atoms with E-state index in [-0.39, 0.29) is 5.92 Å². The highest BCUT2D eigenvalue weighted by atomic mass is 16.1. The van der Waals surface area contributed by atoms with E-state index in [9.17, 15) is 4.79 Å². The Kier molecular flexibility index (Phi) is 2.72. The molecule has 3 nitrogen and oxygen atoms in total. The minimum absolute atomic E-state index is 0.262. The fourth-order valence-corrected chi connectivity index (χ4v) is 2.61. The molecule has 0 bridgehead atoms. The average Bonchev–Trinajstić information content (AvgIpc) is 2.23. The second-order valence-electron chi connectivity index (χ2n) is 4.79. The lowest BCUT2D eigenvalue weighted by Gasteiger charge is -2.41. The van der Waals surface area contributed by atoms with Gasteiger partial charge in [-0.15, -0.1) is 0 Å². The monoisotopic (exact) mass is 208 g/mol. The van der Waals surface area contributed by atoms with E-state index in [4.69, 9.17) is 0 Å². The van der Waals surface area contributed by atoms with E-state index in [0.717, 1.165) is 32.4 Å². The summed E-state index contributed by atoms with van der Waals surface area (Å²) in [5.74, 6) is 0.612. The van der Waals surface area contributed by atoms with Crippen molar-refractivity contribution in [3.05, 3.63) is 11.4 Å². The summed E-state index contributed by atoms with van der Waals surface area (Å²) in [6, 6.07) is 0. The summed E-state index contributed by atoms with van der Waals surface area (Å²) in [6.45, 7) is 3.92. The van der Waals surface area contributed by atoms with Gasteiger partial charge < -0.3 is 9.80 Å². The molecule has 3 heteroatoms. The molecule has 84 valence electrons. The van der Waals surface area contributed by atoms with Crippen molar-refractivity contribution in [2.24, 2.45) is 5.92 Å². The van der Waals surface area contributed by atoms with Gasteiger partial charge in [0.2, 0.25) is 0 Å². The van der Waals surface area contributed by atoms with E-state index in [1.807, 2.05) is 0 Å². The second-order valence-corrected chi connectivity index (χ2v) is 4.79. The first-order valence-corrected chi connectivity index (χ1v) is 5.74.